The van der Waals surface area contributed by atoms with E-state index in [1.54, 1.807) is 0 Å². The van der Waals surface area contributed by atoms with Crippen molar-refractivity contribution < 1.29 is 5.11 Å². The molecular weight excluding hydrogens is 188 g/mol. The molecule has 3 unspecified atom stereocenters. The minimum absolute atomic E-state index is 0.137. The Labute approximate surface area is 93.9 Å². The number of rotatable bonds is 5. The van der Waals surface area contributed by atoms with E-state index in [4.69, 9.17) is 0 Å². The van der Waals surface area contributed by atoms with Gasteiger partial charge in [-0.15, -0.1) is 0 Å². The summed E-state index contributed by atoms with van der Waals surface area (Å²) in [5, 5.41) is 12.6. The lowest BCUT2D eigenvalue weighted by atomic mass is 9.94. The van der Waals surface area contributed by atoms with Crippen molar-refractivity contribution in [3.63, 3.8) is 0 Å². The molecule has 0 aromatic carbocycles. The quantitative estimate of drug-likeness (QED) is 0.722. The van der Waals surface area contributed by atoms with Gasteiger partial charge in [0, 0.05) is 17.6 Å². The second-order valence-corrected chi connectivity index (χ2v) is 5.25. The number of nitrogens with zero attached hydrogens (tertiary/aromatic N) is 1. The van der Waals surface area contributed by atoms with E-state index in [-0.39, 0.29) is 12.1 Å². The summed E-state index contributed by atoms with van der Waals surface area (Å²) in [6, 6.07) is 1.26. The van der Waals surface area contributed by atoms with Gasteiger partial charge in [-0.2, -0.15) is 0 Å². The highest BCUT2D eigenvalue weighted by Crippen LogP contribution is 2.24. The molecular formula is C12H26N2O. The molecule has 90 valence electrons. The second-order valence-electron chi connectivity index (χ2n) is 5.25. The van der Waals surface area contributed by atoms with Crippen molar-refractivity contribution in [2.24, 2.45) is 0 Å². The van der Waals surface area contributed by atoms with Gasteiger partial charge in [0.25, 0.3) is 0 Å². The molecule has 3 nitrogen and oxygen atoms in total. The fraction of sp³-hybridized carbons (Fsp3) is 1.00. The van der Waals surface area contributed by atoms with Crippen LogP contribution in [0.2, 0.25) is 0 Å². The Morgan fingerprint density at radius 2 is 2.27 bits per heavy atom. The first-order valence-electron chi connectivity index (χ1n) is 6.08. The van der Waals surface area contributed by atoms with E-state index in [2.05, 4.69) is 31.0 Å². The molecule has 3 heteroatoms. The largest absolute Gasteiger partial charge is 0.394 e. The van der Waals surface area contributed by atoms with Crippen LogP contribution in [0.3, 0.4) is 0 Å². The number of likely N-dealkylation sites (tertiary alicyclic amines) is 1. The van der Waals surface area contributed by atoms with Gasteiger partial charge in [-0.05, 0) is 53.6 Å². The second kappa shape index (κ2) is 5.28. The van der Waals surface area contributed by atoms with E-state index in [0.717, 1.165) is 6.42 Å². The Morgan fingerprint density at radius 1 is 1.60 bits per heavy atom. The van der Waals surface area contributed by atoms with Gasteiger partial charge < -0.3 is 10.4 Å². The predicted molar refractivity (Wildman–Crippen MR) is 64.0 cm³/mol. The van der Waals surface area contributed by atoms with Crippen molar-refractivity contribution in [3.8, 4) is 0 Å². The molecule has 1 aliphatic heterocycles. The van der Waals surface area contributed by atoms with Crippen LogP contribution in [0.15, 0.2) is 0 Å². The van der Waals surface area contributed by atoms with Gasteiger partial charge in [0.2, 0.25) is 0 Å². The zero-order valence-corrected chi connectivity index (χ0v) is 10.6. The standard InChI is InChI=1S/C12H26N2O/c1-10-6-5-7-14(10)11(2)8-12(3,9-15)13-4/h10-11,13,15H,5-9H2,1-4H3. The van der Waals surface area contributed by atoms with Gasteiger partial charge in [0.1, 0.15) is 0 Å². The molecule has 1 saturated heterocycles. The number of aliphatic hydroxyl groups is 1. The van der Waals surface area contributed by atoms with Crippen molar-refractivity contribution in [1.29, 1.82) is 0 Å². The summed E-state index contributed by atoms with van der Waals surface area (Å²) in [5.41, 5.74) is -0.137. The van der Waals surface area contributed by atoms with E-state index in [0.29, 0.717) is 12.1 Å². The van der Waals surface area contributed by atoms with Crippen LogP contribution in [0.1, 0.15) is 40.0 Å². The van der Waals surface area contributed by atoms with Crippen molar-refractivity contribution in [2.45, 2.75) is 57.7 Å². The van der Waals surface area contributed by atoms with Gasteiger partial charge >= 0.3 is 0 Å². The minimum atomic E-state index is -0.137. The lowest BCUT2D eigenvalue weighted by Crippen LogP contribution is -2.49. The zero-order chi connectivity index (χ0) is 11.5. The average Bonchev–Trinajstić information content (AvgIpc) is 2.64. The number of nitrogens with one attached hydrogen (secondary N) is 1. The van der Waals surface area contributed by atoms with Crippen LogP contribution in [-0.4, -0.2) is 47.8 Å². The maximum Gasteiger partial charge on any atom is 0.0611 e. The summed E-state index contributed by atoms with van der Waals surface area (Å²) >= 11 is 0. The zero-order valence-electron chi connectivity index (χ0n) is 10.6. The first-order chi connectivity index (χ1) is 7.02. The Morgan fingerprint density at radius 3 is 2.67 bits per heavy atom. The van der Waals surface area contributed by atoms with Gasteiger partial charge in [0.05, 0.1) is 6.61 Å². The Kier molecular flexibility index (Phi) is 4.56. The third-order valence-corrected chi connectivity index (χ3v) is 3.87. The van der Waals surface area contributed by atoms with Crippen LogP contribution in [0.4, 0.5) is 0 Å². The maximum absolute atomic E-state index is 9.36. The normalized spacial score (nSPS) is 29.0. The van der Waals surface area contributed by atoms with Crippen LogP contribution >= 0.6 is 0 Å². The highest BCUT2D eigenvalue weighted by Gasteiger charge is 2.30. The fourth-order valence-corrected chi connectivity index (χ4v) is 2.63. The van der Waals surface area contributed by atoms with E-state index in [1.807, 2.05) is 7.05 Å². The molecule has 1 rings (SSSR count). The van der Waals surface area contributed by atoms with Gasteiger partial charge in [-0.1, -0.05) is 0 Å². The van der Waals surface area contributed by atoms with Crippen molar-refractivity contribution >= 4 is 0 Å². The fourth-order valence-electron chi connectivity index (χ4n) is 2.63. The molecule has 0 saturated carbocycles. The topological polar surface area (TPSA) is 35.5 Å². The Bertz CT molecular complexity index is 192. The molecule has 15 heavy (non-hydrogen) atoms. The summed E-state index contributed by atoms with van der Waals surface area (Å²) < 4.78 is 0. The summed E-state index contributed by atoms with van der Waals surface area (Å²) in [6.45, 7) is 8.08. The van der Waals surface area contributed by atoms with E-state index < -0.39 is 0 Å². The third-order valence-electron chi connectivity index (χ3n) is 3.87. The van der Waals surface area contributed by atoms with Crippen molar-refractivity contribution in [3.05, 3.63) is 0 Å². The predicted octanol–water partition coefficient (Wildman–Crippen LogP) is 1.22. The number of likely N-dealkylation sites (N-methyl/N-ethyl adjacent to an activating group) is 1. The first-order valence-corrected chi connectivity index (χ1v) is 6.08. The first kappa shape index (κ1) is 12.9. The molecule has 0 aromatic rings. The summed E-state index contributed by atoms with van der Waals surface area (Å²) in [4.78, 5) is 2.56. The van der Waals surface area contributed by atoms with Crippen molar-refractivity contribution in [1.82, 2.24) is 10.2 Å². The smallest absolute Gasteiger partial charge is 0.0611 e. The molecule has 0 spiro atoms. The molecule has 0 radical (unpaired) electrons. The van der Waals surface area contributed by atoms with E-state index >= 15 is 0 Å². The average molecular weight is 214 g/mol. The molecule has 0 aromatic heterocycles. The molecule has 1 aliphatic rings. The number of hydrogen-bond donors (Lipinski definition) is 2. The van der Waals surface area contributed by atoms with Crippen LogP contribution in [0.5, 0.6) is 0 Å². The van der Waals surface area contributed by atoms with Crippen LogP contribution in [0.25, 0.3) is 0 Å². The number of hydrogen-bond acceptors (Lipinski definition) is 3. The third kappa shape index (κ3) is 3.16. The molecule has 1 fully saturated rings. The maximum atomic E-state index is 9.36. The van der Waals surface area contributed by atoms with Crippen LogP contribution in [-0.2, 0) is 0 Å². The summed E-state index contributed by atoms with van der Waals surface area (Å²) in [6.07, 6.45) is 3.64. The van der Waals surface area contributed by atoms with Gasteiger partial charge in [0.15, 0.2) is 0 Å². The Balaban J connectivity index is 2.50. The summed E-state index contributed by atoms with van der Waals surface area (Å²) in [7, 11) is 1.93. The molecule has 1 heterocycles. The summed E-state index contributed by atoms with van der Waals surface area (Å²) in [5.74, 6) is 0. The van der Waals surface area contributed by atoms with Gasteiger partial charge in [-0.25, -0.2) is 0 Å². The van der Waals surface area contributed by atoms with Crippen LogP contribution in [0, 0.1) is 0 Å². The highest BCUT2D eigenvalue weighted by molar-refractivity contribution is 4.89. The highest BCUT2D eigenvalue weighted by atomic mass is 16.3. The molecule has 3 atom stereocenters. The van der Waals surface area contributed by atoms with Gasteiger partial charge in [-0.3, -0.25) is 4.90 Å². The lowest BCUT2D eigenvalue weighted by Gasteiger charge is -2.36. The molecule has 0 aliphatic carbocycles. The van der Waals surface area contributed by atoms with E-state index in [1.165, 1.54) is 19.4 Å². The Hall–Kier alpha value is -0.120. The van der Waals surface area contributed by atoms with Crippen molar-refractivity contribution in [2.75, 3.05) is 20.2 Å². The lowest BCUT2D eigenvalue weighted by molar-refractivity contribution is 0.116. The number of aliphatic hydroxyl groups excluding tert-OH is 1. The molecule has 0 bridgehead atoms. The minimum Gasteiger partial charge on any atom is -0.394 e. The van der Waals surface area contributed by atoms with Crippen LogP contribution < -0.4 is 5.32 Å². The molecule has 0 amide bonds. The molecule has 2 N–H and O–H groups in total. The monoisotopic (exact) mass is 214 g/mol. The van der Waals surface area contributed by atoms with E-state index in [9.17, 15) is 5.11 Å². The SMILES string of the molecule is CNC(C)(CO)CC(C)N1CCCC1C.